The fraction of sp³-hybridized carbons (Fsp3) is 0.750. The van der Waals surface area contributed by atoms with Gasteiger partial charge in [-0.05, 0) is 32.6 Å². The molecular formula is C12H20N4. The molecular weight excluding hydrogens is 200 g/mol. The Bertz CT molecular complexity index is 380. The van der Waals surface area contributed by atoms with Gasteiger partial charge in [-0.25, -0.2) is 4.98 Å². The number of nitrogens with two attached hydrogens (primary N) is 1. The van der Waals surface area contributed by atoms with Crippen LogP contribution in [0, 0.1) is 6.92 Å². The van der Waals surface area contributed by atoms with Crippen LogP contribution in [0.1, 0.15) is 37.4 Å². The molecule has 0 bridgehead atoms. The zero-order chi connectivity index (χ0) is 11.1. The average molecular weight is 220 g/mol. The van der Waals surface area contributed by atoms with Crippen LogP contribution >= 0.6 is 0 Å². The molecule has 1 aliphatic heterocycles. The molecule has 0 unspecified atom stereocenters. The van der Waals surface area contributed by atoms with Crippen LogP contribution in [0.15, 0.2) is 6.20 Å². The fourth-order valence-electron chi connectivity index (χ4n) is 2.55. The molecule has 1 saturated carbocycles. The SMILES string of the molecule is Cc1cn(C2CC2)c(N2CCC[C@@H](N)C2)n1. The molecule has 1 aliphatic carbocycles. The van der Waals surface area contributed by atoms with Gasteiger partial charge in [0, 0.05) is 31.4 Å². The van der Waals surface area contributed by atoms with Crippen LogP contribution in [-0.4, -0.2) is 28.7 Å². The first-order valence-electron chi connectivity index (χ1n) is 6.30. The van der Waals surface area contributed by atoms with Crippen LogP contribution in [0.2, 0.25) is 0 Å². The number of rotatable bonds is 2. The van der Waals surface area contributed by atoms with E-state index in [-0.39, 0.29) is 0 Å². The van der Waals surface area contributed by atoms with E-state index in [0.717, 1.165) is 31.2 Å². The van der Waals surface area contributed by atoms with E-state index in [9.17, 15) is 0 Å². The molecule has 1 atom stereocenters. The summed E-state index contributed by atoms with van der Waals surface area (Å²) < 4.78 is 2.35. The highest BCUT2D eigenvalue weighted by atomic mass is 15.3. The fourth-order valence-corrected chi connectivity index (χ4v) is 2.55. The van der Waals surface area contributed by atoms with Crippen LogP contribution in [0.25, 0.3) is 0 Å². The van der Waals surface area contributed by atoms with E-state index in [4.69, 9.17) is 5.73 Å². The molecule has 2 aliphatic rings. The molecule has 1 aromatic rings. The highest BCUT2D eigenvalue weighted by molar-refractivity contribution is 5.36. The summed E-state index contributed by atoms with van der Waals surface area (Å²) in [6, 6.07) is 1.02. The maximum Gasteiger partial charge on any atom is 0.206 e. The number of aryl methyl sites for hydroxylation is 1. The highest BCUT2D eigenvalue weighted by Gasteiger charge is 2.29. The van der Waals surface area contributed by atoms with E-state index in [1.165, 1.54) is 19.3 Å². The Labute approximate surface area is 96.4 Å². The van der Waals surface area contributed by atoms with Gasteiger partial charge in [0.05, 0.1) is 5.69 Å². The van der Waals surface area contributed by atoms with Crippen LogP contribution in [-0.2, 0) is 0 Å². The zero-order valence-corrected chi connectivity index (χ0v) is 9.89. The van der Waals surface area contributed by atoms with Crippen molar-refractivity contribution in [3.63, 3.8) is 0 Å². The molecule has 0 aromatic carbocycles. The molecule has 2 fully saturated rings. The molecule has 2 heterocycles. The molecule has 0 spiro atoms. The summed E-state index contributed by atoms with van der Waals surface area (Å²) in [7, 11) is 0. The third-order valence-electron chi connectivity index (χ3n) is 3.51. The number of imidazole rings is 1. The van der Waals surface area contributed by atoms with Gasteiger partial charge in [-0.3, -0.25) is 0 Å². The summed E-state index contributed by atoms with van der Waals surface area (Å²) in [6.45, 7) is 4.15. The minimum atomic E-state index is 0.318. The van der Waals surface area contributed by atoms with Crippen molar-refractivity contribution < 1.29 is 0 Å². The number of anilines is 1. The van der Waals surface area contributed by atoms with Gasteiger partial charge in [0.1, 0.15) is 0 Å². The Morgan fingerprint density at radius 1 is 1.38 bits per heavy atom. The van der Waals surface area contributed by atoms with Crippen molar-refractivity contribution in [1.82, 2.24) is 9.55 Å². The van der Waals surface area contributed by atoms with Gasteiger partial charge in [0.15, 0.2) is 0 Å². The molecule has 2 N–H and O–H groups in total. The minimum Gasteiger partial charge on any atom is -0.341 e. The summed E-state index contributed by atoms with van der Waals surface area (Å²) in [5, 5.41) is 0. The van der Waals surface area contributed by atoms with Crippen molar-refractivity contribution in [1.29, 1.82) is 0 Å². The number of aromatic nitrogens is 2. The van der Waals surface area contributed by atoms with Gasteiger partial charge >= 0.3 is 0 Å². The first-order chi connectivity index (χ1) is 7.74. The van der Waals surface area contributed by atoms with Gasteiger partial charge in [0.2, 0.25) is 5.95 Å². The number of hydrogen-bond donors (Lipinski definition) is 1. The maximum atomic E-state index is 6.03. The lowest BCUT2D eigenvalue weighted by Crippen LogP contribution is -2.43. The molecule has 0 radical (unpaired) electrons. The number of hydrogen-bond acceptors (Lipinski definition) is 3. The summed E-state index contributed by atoms with van der Waals surface area (Å²) in [5.74, 6) is 1.15. The Morgan fingerprint density at radius 2 is 2.19 bits per heavy atom. The number of piperidine rings is 1. The van der Waals surface area contributed by atoms with Crippen molar-refractivity contribution in [3.8, 4) is 0 Å². The third kappa shape index (κ3) is 1.82. The minimum absolute atomic E-state index is 0.318. The number of nitrogens with zero attached hydrogens (tertiary/aromatic N) is 3. The van der Waals surface area contributed by atoms with Crippen LogP contribution < -0.4 is 10.6 Å². The molecule has 16 heavy (non-hydrogen) atoms. The first kappa shape index (κ1) is 10.1. The Kier molecular flexibility index (Phi) is 2.39. The molecule has 4 heteroatoms. The van der Waals surface area contributed by atoms with Crippen molar-refractivity contribution in [2.75, 3.05) is 18.0 Å². The van der Waals surface area contributed by atoms with E-state index in [1.807, 2.05) is 0 Å². The second kappa shape index (κ2) is 3.77. The average Bonchev–Trinajstić information content (AvgIpc) is 3.02. The van der Waals surface area contributed by atoms with Gasteiger partial charge in [-0.2, -0.15) is 0 Å². The largest absolute Gasteiger partial charge is 0.341 e. The molecule has 88 valence electrons. The Hall–Kier alpha value is -1.03. The van der Waals surface area contributed by atoms with E-state index in [2.05, 4.69) is 27.6 Å². The lowest BCUT2D eigenvalue weighted by molar-refractivity contribution is 0.493. The standard InChI is InChI=1S/C12H20N4/c1-9-7-16(11-4-5-11)12(14-9)15-6-2-3-10(13)8-15/h7,10-11H,2-6,8,13H2,1H3/t10-/m1/s1. The summed E-state index contributed by atoms with van der Waals surface area (Å²) in [6.07, 6.45) is 7.15. The van der Waals surface area contributed by atoms with E-state index < -0.39 is 0 Å². The lowest BCUT2D eigenvalue weighted by atomic mass is 10.1. The first-order valence-corrected chi connectivity index (χ1v) is 6.30. The van der Waals surface area contributed by atoms with Crippen LogP contribution in [0.4, 0.5) is 5.95 Å². The Morgan fingerprint density at radius 3 is 2.88 bits per heavy atom. The highest BCUT2D eigenvalue weighted by Crippen LogP contribution is 2.38. The quantitative estimate of drug-likeness (QED) is 0.820. The molecule has 4 nitrogen and oxygen atoms in total. The summed E-state index contributed by atoms with van der Waals surface area (Å²) in [4.78, 5) is 7.02. The van der Waals surface area contributed by atoms with Crippen LogP contribution in [0.5, 0.6) is 0 Å². The van der Waals surface area contributed by atoms with Crippen molar-refractivity contribution >= 4 is 5.95 Å². The van der Waals surface area contributed by atoms with E-state index in [0.29, 0.717) is 12.1 Å². The van der Waals surface area contributed by atoms with Crippen LogP contribution in [0.3, 0.4) is 0 Å². The smallest absolute Gasteiger partial charge is 0.206 e. The predicted molar refractivity (Wildman–Crippen MR) is 64.7 cm³/mol. The summed E-state index contributed by atoms with van der Waals surface area (Å²) >= 11 is 0. The second-order valence-corrected chi connectivity index (χ2v) is 5.17. The monoisotopic (exact) mass is 220 g/mol. The van der Waals surface area contributed by atoms with Crippen molar-refractivity contribution in [2.24, 2.45) is 5.73 Å². The van der Waals surface area contributed by atoms with Gasteiger partial charge in [-0.1, -0.05) is 0 Å². The zero-order valence-electron chi connectivity index (χ0n) is 9.89. The third-order valence-corrected chi connectivity index (χ3v) is 3.51. The predicted octanol–water partition coefficient (Wildman–Crippen LogP) is 1.45. The molecule has 1 aromatic heterocycles. The molecule has 3 rings (SSSR count). The molecule has 0 amide bonds. The second-order valence-electron chi connectivity index (χ2n) is 5.17. The normalized spacial score (nSPS) is 26.1. The van der Waals surface area contributed by atoms with Gasteiger partial charge in [-0.15, -0.1) is 0 Å². The molecule has 1 saturated heterocycles. The van der Waals surface area contributed by atoms with Gasteiger partial charge < -0.3 is 15.2 Å². The lowest BCUT2D eigenvalue weighted by Gasteiger charge is -2.31. The van der Waals surface area contributed by atoms with Crippen molar-refractivity contribution in [2.45, 2.75) is 44.7 Å². The Balaban J connectivity index is 1.86. The van der Waals surface area contributed by atoms with E-state index >= 15 is 0 Å². The van der Waals surface area contributed by atoms with Gasteiger partial charge in [0.25, 0.3) is 0 Å². The maximum absolute atomic E-state index is 6.03. The van der Waals surface area contributed by atoms with E-state index in [1.54, 1.807) is 0 Å². The summed E-state index contributed by atoms with van der Waals surface area (Å²) in [5.41, 5.74) is 7.16. The topological polar surface area (TPSA) is 47.1 Å². The van der Waals surface area contributed by atoms with Crippen molar-refractivity contribution in [3.05, 3.63) is 11.9 Å².